The number of carbonyl (C=O) groups excluding carboxylic acids is 2. The van der Waals surface area contributed by atoms with Crippen LogP contribution < -0.4 is 4.72 Å². The molecule has 1 saturated heterocycles. The first-order valence-corrected chi connectivity index (χ1v) is 12.5. The summed E-state index contributed by atoms with van der Waals surface area (Å²) in [5.74, 6) is 0.0545. The number of halogens is 2. The summed E-state index contributed by atoms with van der Waals surface area (Å²) in [5.41, 5.74) is 0.539. The van der Waals surface area contributed by atoms with Crippen molar-refractivity contribution >= 4 is 50.7 Å². The maximum absolute atomic E-state index is 13.0. The Kier molecular flexibility index (Phi) is 7.69. The summed E-state index contributed by atoms with van der Waals surface area (Å²) in [5, 5.41) is 0.483. The minimum atomic E-state index is -4.02. The fraction of sp³-hybridized carbons (Fsp3) is 0.364. The third-order valence-electron chi connectivity index (χ3n) is 5.07. The Bertz CT molecular complexity index is 1100. The highest BCUT2D eigenvalue weighted by atomic mass is 35.5. The lowest BCUT2D eigenvalue weighted by molar-refractivity contribution is -0.133. The zero-order valence-electron chi connectivity index (χ0n) is 17.8. The molecule has 172 valence electrons. The van der Waals surface area contributed by atoms with Gasteiger partial charge in [-0.15, -0.1) is 0 Å². The van der Waals surface area contributed by atoms with Gasteiger partial charge in [0, 0.05) is 48.9 Å². The van der Waals surface area contributed by atoms with Crippen LogP contribution in [-0.4, -0.2) is 56.2 Å². The Morgan fingerprint density at radius 3 is 2.16 bits per heavy atom. The molecule has 0 aliphatic carbocycles. The molecule has 2 aromatic rings. The van der Waals surface area contributed by atoms with Gasteiger partial charge < -0.3 is 9.80 Å². The van der Waals surface area contributed by atoms with Crippen molar-refractivity contribution in [2.45, 2.75) is 25.2 Å². The number of nitrogens with one attached hydrogen (secondary N) is 1. The van der Waals surface area contributed by atoms with E-state index in [0.29, 0.717) is 43.3 Å². The molecule has 3 rings (SSSR count). The second kappa shape index (κ2) is 10.1. The summed E-state index contributed by atoms with van der Waals surface area (Å²) in [6.45, 7) is 5.66. The minimum absolute atomic E-state index is 0.00659. The SMILES string of the molecule is CC(C)CC(=O)N1CCN(C(=O)c2ccc(Cl)c(S(=O)(=O)Nc3ccc(Cl)cc3)c2)CC1. The Morgan fingerprint density at radius 2 is 1.56 bits per heavy atom. The third kappa shape index (κ3) is 5.94. The van der Waals surface area contributed by atoms with Crippen LogP contribution in [0, 0.1) is 5.92 Å². The molecule has 0 spiro atoms. The molecular formula is C22H25Cl2N3O4S. The number of piperazine rings is 1. The molecule has 0 unspecified atom stereocenters. The molecule has 2 amide bonds. The lowest BCUT2D eigenvalue weighted by atomic mass is 10.1. The van der Waals surface area contributed by atoms with Crippen LogP contribution in [0.25, 0.3) is 0 Å². The normalized spacial score (nSPS) is 14.5. The minimum Gasteiger partial charge on any atom is -0.339 e. The van der Waals surface area contributed by atoms with Gasteiger partial charge in [-0.25, -0.2) is 8.42 Å². The number of rotatable bonds is 6. The molecule has 2 aromatic carbocycles. The topological polar surface area (TPSA) is 86.8 Å². The average molecular weight is 498 g/mol. The molecule has 0 atom stereocenters. The molecule has 0 radical (unpaired) electrons. The number of nitrogens with zero attached hydrogens (tertiary/aromatic N) is 2. The summed E-state index contributed by atoms with van der Waals surface area (Å²) < 4.78 is 28.2. The van der Waals surface area contributed by atoms with Crippen LogP contribution in [0.1, 0.15) is 30.6 Å². The highest BCUT2D eigenvalue weighted by Gasteiger charge is 2.27. The van der Waals surface area contributed by atoms with Gasteiger partial charge in [-0.2, -0.15) is 0 Å². The number of hydrogen-bond acceptors (Lipinski definition) is 4. The van der Waals surface area contributed by atoms with Gasteiger partial charge in [-0.05, 0) is 48.4 Å². The Balaban J connectivity index is 1.73. The smallest absolute Gasteiger partial charge is 0.263 e. The average Bonchev–Trinajstić information content (AvgIpc) is 2.74. The van der Waals surface area contributed by atoms with Crippen molar-refractivity contribution in [2.24, 2.45) is 5.92 Å². The summed E-state index contributed by atoms with van der Waals surface area (Å²) in [4.78, 5) is 28.4. The maximum Gasteiger partial charge on any atom is 0.263 e. The molecule has 10 heteroatoms. The lowest BCUT2D eigenvalue weighted by Gasteiger charge is -2.35. The zero-order chi connectivity index (χ0) is 23.5. The predicted molar refractivity (Wildman–Crippen MR) is 126 cm³/mol. The second-order valence-electron chi connectivity index (χ2n) is 8.03. The highest BCUT2D eigenvalue weighted by Crippen LogP contribution is 2.26. The van der Waals surface area contributed by atoms with E-state index in [0.717, 1.165) is 0 Å². The van der Waals surface area contributed by atoms with Crippen molar-refractivity contribution in [2.75, 3.05) is 30.9 Å². The number of carbonyl (C=O) groups is 2. The number of amides is 2. The maximum atomic E-state index is 13.0. The quantitative estimate of drug-likeness (QED) is 0.649. The molecule has 0 bridgehead atoms. The fourth-order valence-corrected chi connectivity index (χ4v) is 5.10. The van der Waals surface area contributed by atoms with E-state index in [2.05, 4.69) is 4.72 Å². The summed E-state index contributed by atoms with van der Waals surface area (Å²) >= 11 is 12.0. The summed E-state index contributed by atoms with van der Waals surface area (Å²) in [6.07, 6.45) is 0.479. The van der Waals surface area contributed by atoms with Crippen molar-refractivity contribution in [1.29, 1.82) is 0 Å². The molecule has 32 heavy (non-hydrogen) atoms. The summed E-state index contributed by atoms with van der Waals surface area (Å²) in [7, 11) is -4.02. The van der Waals surface area contributed by atoms with Crippen LogP contribution in [0.15, 0.2) is 47.4 Å². The van der Waals surface area contributed by atoms with E-state index in [-0.39, 0.29) is 33.2 Å². The van der Waals surface area contributed by atoms with Crippen molar-refractivity contribution in [3.05, 3.63) is 58.1 Å². The van der Waals surface area contributed by atoms with Gasteiger partial charge in [0.25, 0.3) is 15.9 Å². The fourth-order valence-electron chi connectivity index (χ4n) is 3.39. The van der Waals surface area contributed by atoms with Gasteiger partial charge >= 0.3 is 0 Å². The number of benzene rings is 2. The number of anilines is 1. The molecule has 1 N–H and O–H groups in total. The second-order valence-corrected chi connectivity index (χ2v) is 10.5. The molecular weight excluding hydrogens is 473 g/mol. The van der Waals surface area contributed by atoms with E-state index in [1.54, 1.807) is 21.9 Å². The van der Waals surface area contributed by atoms with E-state index in [9.17, 15) is 18.0 Å². The Morgan fingerprint density at radius 1 is 0.969 bits per heavy atom. The third-order valence-corrected chi connectivity index (χ3v) is 7.18. The zero-order valence-corrected chi connectivity index (χ0v) is 20.2. The number of hydrogen-bond donors (Lipinski definition) is 1. The van der Waals surface area contributed by atoms with E-state index in [4.69, 9.17) is 23.2 Å². The van der Waals surface area contributed by atoms with Gasteiger partial charge in [-0.3, -0.25) is 14.3 Å². The molecule has 1 fully saturated rings. The molecule has 0 aromatic heterocycles. The van der Waals surface area contributed by atoms with Crippen molar-refractivity contribution in [3.63, 3.8) is 0 Å². The van der Waals surface area contributed by atoms with Gasteiger partial charge in [0.15, 0.2) is 0 Å². The molecule has 7 nitrogen and oxygen atoms in total. The van der Waals surface area contributed by atoms with Crippen LogP contribution >= 0.6 is 23.2 Å². The van der Waals surface area contributed by atoms with Gasteiger partial charge in [0.2, 0.25) is 5.91 Å². The highest BCUT2D eigenvalue weighted by molar-refractivity contribution is 7.92. The van der Waals surface area contributed by atoms with Crippen molar-refractivity contribution < 1.29 is 18.0 Å². The standard InChI is InChI=1S/C22H25Cl2N3O4S/c1-15(2)13-21(28)26-9-11-27(12-10-26)22(29)16-3-8-19(24)20(14-16)32(30,31)25-18-6-4-17(23)5-7-18/h3-8,14-15,25H,9-13H2,1-2H3. The molecule has 1 heterocycles. The van der Waals surface area contributed by atoms with Crippen LogP contribution in [0.5, 0.6) is 0 Å². The summed E-state index contributed by atoms with van der Waals surface area (Å²) in [6, 6.07) is 10.4. The molecule has 1 aliphatic rings. The monoisotopic (exact) mass is 497 g/mol. The van der Waals surface area contributed by atoms with E-state index in [1.807, 2.05) is 13.8 Å². The van der Waals surface area contributed by atoms with Crippen LogP contribution in [0.2, 0.25) is 10.0 Å². The first kappa shape index (κ1) is 24.4. The molecule has 0 saturated carbocycles. The molecule has 1 aliphatic heterocycles. The van der Waals surface area contributed by atoms with Crippen LogP contribution in [0.3, 0.4) is 0 Å². The first-order valence-electron chi connectivity index (χ1n) is 10.2. The predicted octanol–water partition coefficient (Wildman–Crippen LogP) is 4.12. The van der Waals surface area contributed by atoms with Gasteiger partial charge in [0.1, 0.15) is 4.90 Å². The Labute approximate surface area is 198 Å². The first-order chi connectivity index (χ1) is 15.1. The van der Waals surface area contributed by atoms with E-state index >= 15 is 0 Å². The van der Waals surface area contributed by atoms with Crippen molar-refractivity contribution in [3.8, 4) is 0 Å². The lowest BCUT2D eigenvalue weighted by Crippen LogP contribution is -2.50. The largest absolute Gasteiger partial charge is 0.339 e. The van der Waals surface area contributed by atoms with Crippen LogP contribution in [0.4, 0.5) is 5.69 Å². The van der Waals surface area contributed by atoms with E-state index in [1.165, 1.54) is 30.3 Å². The van der Waals surface area contributed by atoms with E-state index < -0.39 is 10.0 Å². The van der Waals surface area contributed by atoms with Crippen LogP contribution in [-0.2, 0) is 14.8 Å². The van der Waals surface area contributed by atoms with Crippen molar-refractivity contribution in [1.82, 2.24) is 9.80 Å². The number of sulfonamides is 1. The van der Waals surface area contributed by atoms with Gasteiger partial charge in [0.05, 0.1) is 5.02 Å². The van der Waals surface area contributed by atoms with Gasteiger partial charge in [-0.1, -0.05) is 37.0 Å². The Hall–Kier alpha value is -2.29.